The van der Waals surface area contributed by atoms with Crippen molar-refractivity contribution in [3.63, 3.8) is 0 Å². The Morgan fingerprint density at radius 3 is 2.03 bits per heavy atom. The van der Waals surface area contributed by atoms with E-state index in [4.69, 9.17) is 24.5 Å². The van der Waals surface area contributed by atoms with Gasteiger partial charge in [-0.2, -0.15) is 26.3 Å². The van der Waals surface area contributed by atoms with Crippen LogP contribution in [0.4, 0.5) is 32.3 Å². The van der Waals surface area contributed by atoms with Crippen molar-refractivity contribution < 1.29 is 55.7 Å². The number of alkyl halides is 6. The summed E-state index contributed by atoms with van der Waals surface area (Å²) in [6.45, 7) is 1.96. The van der Waals surface area contributed by atoms with Gasteiger partial charge in [0.05, 0.1) is 24.8 Å². The summed E-state index contributed by atoms with van der Waals surface area (Å²) in [5, 5.41) is 17.6. The number of hydrogen-bond acceptors (Lipinski definition) is 8. The predicted octanol–water partition coefficient (Wildman–Crippen LogP) is 3.01. The van der Waals surface area contributed by atoms with Crippen LogP contribution in [0, 0.1) is 0 Å². The molecule has 0 aromatic carbocycles. The molecule has 2 fully saturated rings. The van der Waals surface area contributed by atoms with Crippen LogP contribution in [0.5, 0.6) is 0 Å². The lowest BCUT2D eigenvalue weighted by atomic mass is 9.88. The van der Waals surface area contributed by atoms with E-state index in [9.17, 15) is 31.1 Å². The maximum Gasteiger partial charge on any atom is 0.490 e. The molecule has 2 aliphatic rings. The van der Waals surface area contributed by atoms with Gasteiger partial charge in [0.15, 0.2) is 0 Å². The van der Waals surface area contributed by atoms with Crippen molar-refractivity contribution in [2.24, 2.45) is 0 Å². The lowest BCUT2D eigenvalue weighted by Gasteiger charge is -2.39. The minimum atomic E-state index is -5.08. The van der Waals surface area contributed by atoms with Gasteiger partial charge in [-0.25, -0.2) is 19.6 Å². The Morgan fingerprint density at radius 2 is 1.51 bits per heavy atom. The monoisotopic (exact) mass is 567 g/mol. The van der Waals surface area contributed by atoms with Crippen LogP contribution in [0.25, 0.3) is 0 Å². The summed E-state index contributed by atoms with van der Waals surface area (Å²) in [4.78, 5) is 44.9. The van der Waals surface area contributed by atoms with Crippen LogP contribution in [0.1, 0.15) is 29.8 Å². The van der Waals surface area contributed by atoms with Crippen molar-refractivity contribution in [2.45, 2.75) is 43.3 Å². The zero-order valence-electron chi connectivity index (χ0n) is 19.9. The average Bonchev–Trinajstić information content (AvgIpc) is 3.25. The maximum absolute atomic E-state index is 12.7. The number of amides is 1. The molecule has 4 rings (SSSR count). The van der Waals surface area contributed by atoms with Crippen LogP contribution in [0.3, 0.4) is 0 Å². The zero-order chi connectivity index (χ0) is 29.3. The minimum Gasteiger partial charge on any atom is -0.475 e. The first kappa shape index (κ1) is 31.2. The van der Waals surface area contributed by atoms with Crippen LogP contribution in [0.2, 0.25) is 0 Å². The fourth-order valence-corrected chi connectivity index (χ4v) is 3.70. The Morgan fingerprint density at radius 1 is 0.949 bits per heavy atom. The molecule has 17 heteroatoms. The first-order valence-corrected chi connectivity index (χ1v) is 11.1. The lowest BCUT2D eigenvalue weighted by Crippen LogP contribution is -2.50. The third-order valence-electron chi connectivity index (χ3n) is 5.30. The molecular weight excluding hydrogens is 544 g/mol. The van der Waals surface area contributed by atoms with Gasteiger partial charge < -0.3 is 25.2 Å². The number of carbonyl (C=O) groups is 3. The number of nitrogens with one attached hydrogen (secondary N) is 1. The molecule has 2 aromatic heterocycles. The van der Waals surface area contributed by atoms with E-state index in [2.05, 4.69) is 20.3 Å². The smallest absolute Gasteiger partial charge is 0.475 e. The number of piperidine rings is 1. The number of aromatic nitrogens is 3. The summed E-state index contributed by atoms with van der Waals surface area (Å²) in [5.41, 5.74) is 0.208. The van der Waals surface area contributed by atoms with Gasteiger partial charge in [0.2, 0.25) is 5.95 Å². The highest BCUT2D eigenvalue weighted by molar-refractivity contribution is 5.92. The van der Waals surface area contributed by atoms with Crippen molar-refractivity contribution in [2.75, 3.05) is 25.0 Å². The highest BCUT2D eigenvalue weighted by Crippen LogP contribution is 2.35. The number of carbonyl (C=O) groups excluding carboxylic acids is 1. The largest absolute Gasteiger partial charge is 0.490 e. The minimum absolute atomic E-state index is 0.0222. The van der Waals surface area contributed by atoms with Gasteiger partial charge in [-0.3, -0.25) is 9.78 Å². The highest BCUT2D eigenvalue weighted by Gasteiger charge is 2.45. The highest BCUT2D eigenvalue weighted by atomic mass is 19.4. The Labute approximate surface area is 216 Å². The van der Waals surface area contributed by atoms with Crippen molar-refractivity contribution in [3.05, 3.63) is 48.5 Å². The van der Waals surface area contributed by atoms with Crippen LogP contribution in [0.15, 0.2) is 42.9 Å². The summed E-state index contributed by atoms with van der Waals surface area (Å²) in [6.07, 6.45) is -2.33. The molecule has 4 heterocycles. The van der Waals surface area contributed by atoms with Crippen molar-refractivity contribution in [3.8, 4) is 0 Å². The van der Waals surface area contributed by atoms with Gasteiger partial charge in [0.25, 0.3) is 5.91 Å². The Bertz CT molecular complexity index is 1080. The quantitative estimate of drug-likeness (QED) is 0.472. The molecule has 0 saturated carbocycles. The first-order valence-electron chi connectivity index (χ1n) is 11.1. The Hall–Kier alpha value is -4.02. The molecule has 1 spiro atoms. The Balaban J connectivity index is 0.000000317. The van der Waals surface area contributed by atoms with Crippen LogP contribution >= 0.6 is 0 Å². The number of anilines is 1. The molecule has 2 saturated heterocycles. The van der Waals surface area contributed by atoms with Gasteiger partial charge in [-0.05, 0) is 31.0 Å². The van der Waals surface area contributed by atoms with Gasteiger partial charge >= 0.3 is 24.3 Å². The average molecular weight is 567 g/mol. The van der Waals surface area contributed by atoms with E-state index in [1.807, 2.05) is 17.0 Å². The fourth-order valence-electron chi connectivity index (χ4n) is 3.70. The van der Waals surface area contributed by atoms with Gasteiger partial charge in [-0.1, -0.05) is 6.07 Å². The lowest BCUT2D eigenvalue weighted by molar-refractivity contribution is -0.193. The van der Waals surface area contributed by atoms with Gasteiger partial charge in [0, 0.05) is 31.6 Å². The summed E-state index contributed by atoms with van der Waals surface area (Å²) < 4.78 is 69.6. The predicted molar refractivity (Wildman–Crippen MR) is 119 cm³/mol. The second-order valence-electron chi connectivity index (χ2n) is 8.26. The molecular formula is C22H23F6N5O6. The molecule has 2 atom stereocenters. The number of rotatable bonds is 3. The molecule has 2 unspecified atom stereocenters. The third-order valence-corrected chi connectivity index (χ3v) is 5.30. The molecule has 3 N–H and O–H groups in total. The number of hydrogen-bond donors (Lipinski definition) is 3. The number of aliphatic carboxylic acids is 2. The molecule has 11 nitrogen and oxygen atoms in total. The summed E-state index contributed by atoms with van der Waals surface area (Å²) >= 11 is 0. The second-order valence-corrected chi connectivity index (χ2v) is 8.26. The van der Waals surface area contributed by atoms with Crippen LogP contribution in [-0.2, 0) is 14.3 Å². The van der Waals surface area contributed by atoms with E-state index < -0.39 is 24.3 Å². The fraction of sp³-hybridized carbons (Fsp3) is 0.455. The van der Waals surface area contributed by atoms with Crippen LogP contribution in [-0.4, -0.2) is 91.6 Å². The summed E-state index contributed by atoms with van der Waals surface area (Å²) in [5.74, 6) is -4.92. The number of likely N-dealkylation sites (tertiary alicyclic amines) is 1. The van der Waals surface area contributed by atoms with E-state index in [0.29, 0.717) is 24.8 Å². The van der Waals surface area contributed by atoms with Crippen molar-refractivity contribution in [1.82, 2.24) is 19.9 Å². The van der Waals surface area contributed by atoms with E-state index in [-0.39, 0.29) is 17.6 Å². The number of pyridine rings is 1. The number of carboxylic acids is 2. The topological polar surface area (TPSA) is 155 Å². The number of halogens is 6. The molecule has 2 aromatic rings. The SMILES string of the molecule is O=C(O)C(F)(F)F.O=C(O)C(F)(F)F.O=C(c1ccccn1)N1CCCC2(CC(Nc3ncccn3)CO2)C1. The molecule has 0 bridgehead atoms. The third kappa shape index (κ3) is 9.99. The second kappa shape index (κ2) is 13.2. The normalized spacial score (nSPS) is 20.7. The van der Waals surface area contributed by atoms with Crippen molar-refractivity contribution >= 4 is 23.8 Å². The maximum atomic E-state index is 12.7. The van der Waals surface area contributed by atoms with Crippen LogP contribution < -0.4 is 5.32 Å². The molecule has 0 aliphatic carbocycles. The molecule has 39 heavy (non-hydrogen) atoms. The van der Waals surface area contributed by atoms with Crippen molar-refractivity contribution in [1.29, 1.82) is 0 Å². The first-order chi connectivity index (χ1) is 18.1. The van der Waals surface area contributed by atoms with Gasteiger partial charge in [0.1, 0.15) is 5.69 Å². The number of nitrogens with zero attached hydrogens (tertiary/aromatic N) is 4. The standard InChI is InChI=1S/C18H21N5O2.2C2HF3O2/c24-16(15-5-1-2-7-19-15)23-10-3-6-18(13-23)11-14(12-25-18)22-17-20-8-4-9-21-17;2*3-2(4,5)1(6)7/h1-2,4-5,7-9,14H,3,6,10-13H2,(H,20,21,22);2*(H,6,7). The van der Waals surface area contributed by atoms with E-state index >= 15 is 0 Å². The molecule has 214 valence electrons. The number of carboxylic acid groups (broad SMARTS) is 2. The zero-order valence-corrected chi connectivity index (χ0v) is 19.9. The van der Waals surface area contributed by atoms with Gasteiger partial charge in [-0.15, -0.1) is 0 Å². The van der Waals surface area contributed by atoms with E-state index in [1.165, 1.54) is 0 Å². The Kier molecular flexibility index (Phi) is 10.5. The number of ether oxygens (including phenoxy) is 1. The summed E-state index contributed by atoms with van der Waals surface area (Å²) in [7, 11) is 0. The molecule has 2 aliphatic heterocycles. The molecule has 1 amide bonds. The van der Waals surface area contributed by atoms with E-state index in [1.54, 1.807) is 30.7 Å². The van der Waals surface area contributed by atoms with E-state index in [0.717, 1.165) is 25.8 Å². The summed E-state index contributed by atoms with van der Waals surface area (Å²) in [6, 6.07) is 7.37. The molecule has 0 radical (unpaired) electrons.